The average Bonchev–Trinajstić information content (AvgIpc) is 2.85. The van der Waals surface area contributed by atoms with Crippen LogP contribution < -0.4 is 5.32 Å². The van der Waals surface area contributed by atoms with Crippen molar-refractivity contribution in [3.63, 3.8) is 0 Å². The molecule has 0 aliphatic heterocycles. The van der Waals surface area contributed by atoms with Gasteiger partial charge in [0.15, 0.2) is 0 Å². The quantitative estimate of drug-likeness (QED) is 0.689. The Labute approximate surface area is 115 Å². The number of benzene rings is 2. The fourth-order valence-corrected chi connectivity index (χ4v) is 3.17. The Morgan fingerprint density at radius 1 is 1.05 bits per heavy atom. The Bertz CT molecular complexity index is 672. The van der Waals surface area contributed by atoms with Crippen molar-refractivity contribution in [1.82, 2.24) is 0 Å². The highest BCUT2D eigenvalue weighted by Gasteiger charge is 2.11. The van der Waals surface area contributed by atoms with Crippen molar-refractivity contribution in [3.8, 4) is 0 Å². The smallest absolute Gasteiger partial charge is 0.146 e. The Balaban J connectivity index is 1.87. The van der Waals surface area contributed by atoms with Crippen molar-refractivity contribution in [1.29, 1.82) is 0 Å². The van der Waals surface area contributed by atoms with E-state index in [9.17, 15) is 4.39 Å². The third-order valence-corrected chi connectivity index (χ3v) is 4.42. The zero-order chi connectivity index (χ0) is 13.2. The van der Waals surface area contributed by atoms with Gasteiger partial charge in [-0.25, -0.2) is 4.39 Å². The zero-order valence-electron chi connectivity index (χ0n) is 10.6. The predicted molar refractivity (Wildman–Crippen MR) is 80.3 cm³/mol. The summed E-state index contributed by atoms with van der Waals surface area (Å²) in [4.78, 5) is 1.21. The minimum atomic E-state index is -0.213. The van der Waals surface area contributed by atoms with E-state index in [0.29, 0.717) is 5.69 Å². The molecule has 0 amide bonds. The van der Waals surface area contributed by atoms with Crippen LogP contribution in [0.1, 0.15) is 17.8 Å². The van der Waals surface area contributed by atoms with Gasteiger partial charge in [0.05, 0.1) is 11.7 Å². The van der Waals surface area contributed by atoms with Gasteiger partial charge in [-0.15, -0.1) is 11.3 Å². The van der Waals surface area contributed by atoms with Gasteiger partial charge in [-0.05, 0) is 36.6 Å². The first kappa shape index (κ1) is 12.2. The summed E-state index contributed by atoms with van der Waals surface area (Å²) in [5, 5.41) is 4.46. The number of thiophene rings is 1. The summed E-state index contributed by atoms with van der Waals surface area (Å²) < 4.78 is 14.9. The molecule has 1 nitrogen and oxygen atoms in total. The first-order chi connectivity index (χ1) is 9.24. The molecule has 0 spiro atoms. The first-order valence-corrected chi connectivity index (χ1v) is 7.05. The summed E-state index contributed by atoms with van der Waals surface area (Å²) in [5.41, 5.74) is 0.549. The summed E-state index contributed by atoms with van der Waals surface area (Å²) >= 11 is 1.75. The van der Waals surface area contributed by atoms with E-state index in [4.69, 9.17) is 0 Å². The molecule has 1 unspecified atom stereocenters. The molecule has 3 aromatic rings. The summed E-state index contributed by atoms with van der Waals surface area (Å²) in [6, 6.07) is 17.3. The lowest BCUT2D eigenvalue weighted by molar-refractivity contribution is 0.628. The van der Waals surface area contributed by atoms with Crippen LogP contribution in [0.25, 0.3) is 10.1 Å². The second kappa shape index (κ2) is 5.02. The van der Waals surface area contributed by atoms with Gasteiger partial charge in [0, 0.05) is 9.58 Å². The van der Waals surface area contributed by atoms with E-state index in [1.165, 1.54) is 21.0 Å². The van der Waals surface area contributed by atoms with Gasteiger partial charge in [-0.1, -0.05) is 30.3 Å². The summed E-state index contributed by atoms with van der Waals surface area (Å²) in [6.45, 7) is 2.05. The number of anilines is 1. The fraction of sp³-hybridized carbons (Fsp3) is 0.125. The highest BCUT2D eigenvalue weighted by Crippen LogP contribution is 2.31. The topological polar surface area (TPSA) is 12.0 Å². The SMILES string of the molecule is CC(Nc1ccccc1F)c1cc2ccccc2s1. The van der Waals surface area contributed by atoms with Crippen LogP contribution in [-0.4, -0.2) is 0 Å². The number of nitrogens with one attached hydrogen (secondary N) is 1. The van der Waals surface area contributed by atoms with E-state index in [0.717, 1.165) is 0 Å². The van der Waals surface area contributed by atoms with Crippen LogP contribution in [0.2, 0.25) is 0 Å². The van der Waals surface area contributed by atoms with Crippen LogP contribution in [0.15, 0.2) is 54.6 Å². The third kappa shape index (κ3) is 2.47. The van der Waals surface area contributed by atoms with Gasteiger partial charge < -0.3 is 5.32 Å². The molecule has 1 N–H and O–H groups in total. The van der Waals surface area contributed by atoms with Gasteiger partial charge in [-0.2, -0.15) is 0 Å². The molecule has 0 aliphatic rings. The highest BCUT2D eigenvalue weighted by molar-refractivity contribution is 7.19. The monoisotopic (exact) mass is 271 g/mol. The number of para-hydroxylation sites is 1. The molecule has 19 heavy (non-hydrogen) atoms. The van der Waals surface area contributed by atoms with Crippen LogP contribution in [0.3, 0.4) is 0 Å². The first-order valence-electron chi connectivity index (χ1n) is 6.23. The van der Waals surface area contributed by atoms with Gasteiger partial charge in [0.2, 0.25) is 0 Å². The van der Waals surface area contributed by atoms with Crippen LogP contribution in [-0.2, 0) is 0 Å². The van der Waals surface area contributed by atoms with E-state index in [1.807, 2.05) is 18.2 Å². The zero-order valence-corrected chi connectivity index (χ0v) is 11.4. The molecule has 1 atom stereocenters. The molecule has 0 saturated carbocycles. The number of halogens is 1. The maximum atomic E-state index is 13.6. The van der Waals surface area contributed by atoms with Crippen LogP contribution in [0, 0.1) is 5.82 Å². The highest BCUT2D eigenvalue weighted by atomic mass is 32.1. The van der Waals surface area contributed by atoms with E-state index in [2.05, 4.69) is 30.4 Å². The molecule has 1 aromatic heterocycles. The van der Waals surface area contributed by atoms with Crippen LogP contribution in [0.4, 0.5) is 10.1 Å². The number of hydrogen-bond donors (Lipinski definition) is 1. The largest absolute Gasteiger partial charge is 0.375 e. The predicted octanol–water partition coefficient (Wildman–Crippen LogP) is 5.21. The van der Waals surface area contributed by atoms with Crippen molar-refractivity contribution in [2.24, 2.45) is 0 Å². The minimum absolute atomic E-state index is 0.0919. The van der Waals surface area contributed by atoms with Gasteiger partial charge in [0.1, 0.15) is 5.82 Å². The molecule has 0 aliphatic carbocycles. The van der Waals surface area contributed by atoms with Crippen molar-refractivity contribution in [3.05, 3.63) is 65.3 Å². The number of hydrogen-bond acceptors (Lipinski definition) is 2. The third-order valence-electron chi connectivity index (χ3n) is 3.12. The molecule has 1 heterocycles. The molecule has 0 radical (unpaired) electrons. The molecule has 0 fully saturated rings. The van der Waals surface area contributed by atoms with Gasteiger partial charge in [0.25, 0.3) is 0 Å². The summed E-state index contributed by atoms with van der Waals surface area (Å²) in [6.07, 6.45) is 0. The lowest BCUT2D eigenvalue weighted by Gasteiger charge is -2.14. The Morgan fingerprint density at radius 2 is 1.79 bits per heavy atom. The molecular weight excluding hydrogens is 257 g/mol. The number of fused-ring (bicyclic) bond motifs is 1. The molecule has 0 bridgehead atoms. The standard InChI is InChI=1S/C16H14FNS/c1-11(18-14-8-4-3-7-13(14)17)16-10-12-6-2-5-9-15(12)19-16/h2-11,18H,1H3. The van der Waals surface area contributed by atoms with Gasteiger partial charge in [-0.3, -0.25) is 0 Å². The van der Waals surface area contributed by atoms with E-state index < -0.39 is 0 Å². The van der Waals surface area contributed by atoms with E-state index in [-0.39, 0.29) is 11.9 Å². The molecule has 2 aromatic carbocycles. The molecule has 3 heteroatoms. The normalized spacial score (nSPS) is 12.5. The Kier molecular flexibility index (Phi) is 3.22. The number of rotatable bonds is 3. The molecule has 3 rings (SSSR count). The average molecular weight is 271 g/mol. The van der Waals surface area contributed by atoms with Crippen molar-refractivity contribution in [2.75, 3.05) is 5.32 Å². The second-order valence-corrected chi connectivity index (χ2v) is 5.65. The van der Waals surface area contributed by atoms with Crippen LogP contribution in [0.5, 0.6) is 0 Å². The van der Waals surface area contributed by atoms with E-state index >= 15 is 0 Å². The fourth-order valence-electron chi connectivity index (χ4n) is 2.10. The minimum Gasteiger partial charge on any atom is -0.375 e. The molecular formula is C16H14FNS. The molecule has 96 valence electrons. The lowest BCUT2D eigenvalue weighted by atomic mass is 10.2. The lowest BCUT2D eigenvalue weighted by Crippen LogP contribution is -2.06. The second-order valence-electron chi connectivity index (χ2n) is 4.53. The maximum absolute atomic E-state index is 13.6. The summed E-state index contributed by atoms with van der Waals surface area (Å²) in [5.74, 6) is -0.213. The van der Waals surface area contributed by atoms with Crippen molar-refractivity contribution >= 4 is 27.1 Å². The Hall–Kier alpha value is -1.87. The van der Waals surface area contributed by atoms with Gasteiger partial charge >= 0.3 is 0 Å². The Morgan fingerprint density at radius 3 is 2.58 bits per heavy atom. The van der Waals surface area contributed by atoms with Crippen LogP contribution >= 0.6 is 11.3 Å². The van der Waals surface area contributed by atoms with E-state index in [1.54, 1.807) is 23.5 Å². The summed E-state index contributed by atoms with van der Waals surface area (Å²) in [7, 11) is 0. The van der Waals surface area contributed by atoms with Crippen molar-refractivity contribution in [2.45, 2.75) is 13.0 Å². The maximum Gasteiger partial charge on any atom is 0.146 e. The molecule has 0 saturated heterocycles. The van der Waals surface area contributed by atoms with Crippen molar-refractivity contribution < 1.29 is 4.39 Å².